The van der Waals surface area contributed by atoms with Crippen LogP contribution in [0.1, 0.15) is 16.1 Å². The van der Waals surface area contributed by atoms with Crippen molar-refractivity contribution < 1.29 is 4.79 Å². The minimum Gasteiger partial charge on any atom is -0.298 e. The van der Waals surface area contributed by atoms with E-state index in [0.717, 1.165) is 16.6 Å². The van der Waals surface area contributed by atoms with Crippen LogP contribution in [0.25, 0.3) is 10.9 Å². The van der Waals surface area contributed by atoms with E-state index in [2.05, 4.69) is 15.3 Å². The van der Waals surface area contributed by atoms with Gasteiger partial charge < -0.3 is 0 Å². The summed E-state index contributed by atoms with van der Waals surface area (Å²) in [6.07, 6.45) is 1.66. The van der Waals surface area contributed by atoms with Gasteiger partial charge in [-0.2, -0.15) is 0 Å². The molecule has 1 N–H and O–H groups in total. The van der Waals surface area contributed by atoms with E-state index in [4.69, 9.17) is 0 Å². The van der Waals surface area contributed by atoms with Gasteiger partial charge in [0, 0.05) is 28.2 Å². The number of pyridine rings is 1. The van der Waals surface area contributed by atoms with Crippen molar-refractivity contribution in [3.05, 3.63) is 53.2 Å². The average molecular weight is 269 g/mol. The Bertz CT molecular complexity index is 738. The van der Waals surface area contributed by atoms with Gasteiger partial charge in [0.15, 0.2) is 5.13 Å². The van der Waals surface area contributed by atoms with E-state index in [0.29, 0.717) is 10.7 Å². The predicted octanol–water partition coefficient (Wildman–Crippen LogP) is 3.25. The number of nitrogens with one attached hydrogen (secondary N) is 1. The van der Waals surface area contributed by atoms with Crippen LogP contribution in [-0.4, -0.2) is 15.9 Å². The Labute approximate surface area is 114 Å². The molecule has 0 saturated heterocycles. The minimum absolute atomic E-state index is 0.167. The molecule has 19 heavy (non-hydrogen) atoms. The molecular formula is C14H11N3OS. The Hall–Kier alpha value is -2.27. The number of carbonyl (C=O) groups is 1. The fraction of sp³-hybridized carbons (Fsp3) is 0.0714. The van der Waals surface area contributed by atoms with E-state index in [-0.39, 0.29) is 5.91 Å². The number of nitrogens with zero attached hydrogens (tertiary/aromatic N) is 2. The Morgan fingerprint density at radius 3 is 2.89 bits per heavy atom. The Kier molecular flexibility index (Phi) is 2.97. The lowest BCUT2D eigenvalue weighted by atomic mass is 10.1. The third kappa shape index (κ3) is 2.46. The molecule has 3 rings (SSSR count). The molecule has 0 aliphatic carbocycles. The fourth-order valence-corrected chi connectivity index (χ4v) is 2.34. The molecule has 2 heterocycles. The number of amides is 1. The van der Waals surface area contributed by atoms with E-state index in [1.54, 1.807) is 18.3 Å². The molecule has 2 aromatic heterocycles. The third-order valence-corrected chi connectivity index (χ3v) is 3.43. The number of hydrogen-bond donors (Lipinski definition) is 1. The molecule has 0 radical (unpaired) electrons. The largest absolute Gasteiger partial charge is 0.298 e. The second kappa shape index (κ2) is 4.78. The SMILES string of the molecule is Cc1ccc2ccc(C(=O)Nc3nccs3)cc2n1. The molecule has 1 amide bonds. The maximum atomic E-state index is 12.1. The van der Waals surface area contributed by atoms with Crippen LogP contribution in [0, 0.1) is 6.92 Å². The minimum atomic E-state index is -0.167. The highest BCUT2D eigenvalue weighted by Crippen LogP contribution is 2.17. The first-order valence-corrected chi connectivity index (χ1v) is 6.68. The summed E-state index contributed by atoms with van der Waals surface area (Å²) in [7, 11) is 0. The van der Waals surface area contributed by atoms with Crippen molar-refractivity contribution in [3.63, 3.8) is 0 Å². The normalized spacial score (nSPS) is 10.6. The molecule has 0 bridgehead atoms. The van der Waals surface area contributed by atoms with Crippen molar-refractivity contribution >= 4 is 33.3 Å². The molecule has 0 unspecified atom stereocenters. The zero-order valence-corrected chi connectivity index (χ0v) is 11.1. The van der Waals surface area contributed by atoms with Gasteiger partial charge in [-0.25, -0.2) is 4.98 Å². The molecule has 5 heteroatoms. The molecule has 0 fully saturated rings. The molecule has 0 aliphatic rings. The quantitative estimate of drug-likeness (QED) is 0.777. The smallest absolute Gasteiger partial charge is 0.257 e. The summed E-state index contributed by atoms with van der Waals surface area (Å²) >= 11 is 1.39. The Morgan fingerprint density at radius 1 is 1.26 bits per heavy atom. The van der Waals surface area contributed by atoms with Crippen LogP contribution in [0.4, 0.5) is 5.13 Å². The van der Waals surface area contributed by atoms with Crippen LogP contribution in [0.5, 0.6) is 0 Å². The summed E-state index contributed by atoms with van der Waals surface area (Å²) in [5, 5.41) is 6.20. The van der Waals surface area contributed by atoms with Crippen molar-refractivity contribution in [2.75, 3.05) is 5.32 Å². The summed E-state index contributed by atoms with van der Waals surface area (Å²) in [6.45, 7) is 1.93. The number of carbonyl (C=O) groups excluding carboxylic acids is 1. The maximum Gasteiger partial charge on any atom is 0.257 e. The first-order valence-electron chi connectivity index (χ1n) is 5.81. The van der Waals surface area contributed by atoms with Crippen LogP contribution < -0.4 is 5.32 Å². The number of benzene rings is 1. The van der Waals surface area contributed by atoms with Crippen LogP contribution in [0.15, 0.2) is 41.9 Å². The van der Waals surface area contributed by atoms with E-state index in [1.807, 2.05) is 30.5 Å². The zero-order valence-electron chi connectivity index (χ0n) is 10.3. The van der Waals surface area contributed by atoms with Gasteiger partial charge in [0.1, 0.15) is 0 Å². The van der Waals surface area contributed by atoms with E-state index >= 15 is 0 Å². The van der Waals surface area contributed by atoms with Crippen molar-refractivity contribution in [2.24, 2.45) is 0 Å². The van der Waals surface area contributed by atoms with Gasteiger partial charge in [-0.1, -0.05) is 12.1 Å². The van der Waals surface area contributed by atoms with Gasteiger partial charge in [0.2, 0.25) is 0 Å². The lowest BCUT2D eigenvalue weighted by molar-refractivity contribution is 0.102. The highest BCUT2D eigenvalue weighted by Gasteiger charge is 2.08. The van der Waals surface area contributed by atoms with Crippen LogP contribution in [0.3, 0.4) is 0 Å². The van der Waals surface area contributed by atoms with Crippen LogP contribution >= 0.6 is 11.3 Å². The Morgan fingerprint density at radius 2 is 2.11 bits per heavy atom. The maximum absolute atomic E-state index is 12.1. The number of rotatable bonds is 2. The molecule has 3 aromatic rings. The van der Waals surface area contributed by atoms with Crippen molar-refractivity contribution in [2.45, 2.75) is 6.92 Å². The number of fused-ring (bicyclic) bond motifs is 1. The summed E-state index contributed by atoms with van der Waals surface area (Å²) in [5.74, 6) is -0.167. The summed E-state index contributed by atoms with van der Waals surface area (Å²) in [4.78, 5) is 20.5. The molecule has 0 saturated carbocycles. The van der Waals surface area contributed by atoms with Crippen molar-refractivity contribution in [1.82, 2.24) is 9.97 Å². The average Bonchev–Trinajstić information content (AvgIpc) is 2.90. The monoisotopic (exact) mass is 269 g/mol. The summed E-state index contributed by atoms with van der Waals surface area (Å²) in [5.41, 5.74) is 2.34. The van der Waals surface area contributed by atoms with Gasteiger partial charge >= 0.3 is 0 Å². The topological polar surface area (TPSA) is 54.9 Å². The van der Waals surface area contributed by atoms with Gasteiger partial charge in [-0.15, -0.1) is 11.3 Å². The standard InChI is InChI=1S/C14H11N3OS/c1-9-2-3-10-4-5-11(8-12(10)16-9)13(18)17-14-15-6-7-19-14/h2-8H,1H3,(H,15,17,18). The number of aryl methyl sites for hydroxylation is 1. The molecule has 1 aromatic carbocycles. The van der Waals surface area contributed by atoms with E-state index in [9.17, 15) is 4.79 Å². The first kappa shape index (κ1) is 11.8. The molecule has 0 atom stereocenters. The van der Waals surface area contributed by atoms with Crippen LogP contribution in [-0.2, 0) is 0 Å². The molecular weight excluding hydrogens is 258 g/mol. The highest BCUT2D eigenvalue weighted by molar-refractivity contribution is 7.13. The zero-order chi connectivity index (χ0) is 13.2. The van der Waals surface area contributed by atoms with Crippen molar-refractivity contribution in [3.8, 4) is 0 Å². The number of aromatic nitrogens is 2. The van der Waals surface area contributed by atoms with Crippen molar-refractivity contribution in [1.29, 1.82) is 0 Å². The highest BCUT2D eigenvalue weighted by atomic mass is 32.1. The van der Waals surface area contributed by atoms with Crippen LogP contribution in [0.2, 0.25) is 0 Å². The fourth-order valence-electron chi connectivity index (χ4n) is 1.81. The van der Waals surface area contributed by atoms with E-state index in [1.165, 1.54) is 11.3 Å². The second-order valence-corrected chi connectivity index (χ2v) is 5.05. The van der Waals surface area contributed by atoms with Gasteiger partial charge in [-0.3, -0.25) is 15.1 Å². The van der Waals surface area contributed by atoms with E-state index < -0.39 is 0 Å². The summed E-state index contributed by atoms with van der Waals surface area (Å²) < 4.78 is 0. The van der Waals surface area contributed by atoms with Gasteiger partial charge in [-0.05, 0) is 25.1 Å². The lowest BCUT2D eigenvalue weighted by Crippen LogP contribution is -2.11. The molecule has 0 spiro atoms. The summed E-state index contributed by atoms with van der Waals surface area (Å²) in [6, 6.07) is 9.45. The second-order valence-electron chi connectivity index (χ2n) is 4.15. The van der Waals surface area contributed by atoms with Gasteiger partial charge in [0.25, 0.3) is 5.91 Å². The molecule has 0 aliphatic heterocycles. The number of hydrogen-bond acceptors (Lipinski definition) is 4. The number of anilines is 1. The molecule has 94 valence electrons. The predicted molar refractivity (Wildman–Crippen MR) is 76.5 cm³/mol. The lowest BCUT2D eigenvalue weighted by Gasteiger charge is -2.04. The van der Waals surface area contributed by atoms with Gasteiger partial charge in [0.05, 0.1) is 5.52 Å². The Balaban J connectivity index is 1.94. The first-order chi connectivity index (χ1) is 9.22. The number of thiazole rings is 1. The molecule has 4 nitrogen and oxygen atoms in total. The third-order valence-electron chi connectivity index (χ3n) is 2.75.